The minimum atomic E-state index is -2.77. The number of piperidine rings is 1. The fourth-order valence-electron chi connectivity index (χ4n) is 3.32. The molecule has 0 atom stereocenters. The van der Waals surface area contributed by atoms with E-state index in [1.54, 1.807) is 12.1 Å². The summed E-state index contributed by atoms with van der Waals surface area (Å²) in [6.45, 7) is -0.0634. The molecule has 0 unspecified atom stereocenters. The van der Waals surface area contributed by atoms with Gasteiger partial charge in [-0.05, 0) is 23.3 Å². The molecule has 154 valence electrons. The average Bonchev–Trinajstić information content (AvgIpc) is 2.74. The normalized spacial score (nSPS) is 15.6. The number of aromatic nitrogens is 2. The van der Waals surface area contributed by atoms with Crippen LogP contribution in [-0.4, -0.2) is 33.9 Å². The first kappa shape index (κ1) is 19.7. The number of nitrogens with zero attached hydrogens (tertiary/aromatic N) is 4. The fraction of sp³-hybridized carbons (Fsp3) is 0.238. The van der Waals surface area contributed by atoms with Gasteiger partial charge in [-0.2, -0.15) is 4.98 Å². The molecule has 0 saturated carbocycles. The van der Waals surface area contributed by atoms with Crippen molar-refractivity contribution in [2.75, 3.05) is 18.0 Å². The molecule has 0 radical (unpaired) electrons. The summed E-state index contributed by atoms with van der Waals surface area (Å²) in [5, 5.41) is 11.7. The number of ether oxygens (including phenoxy) is 1. The molecule has 9 heteroatoms. The van der Waals surface area contributed by atoms with Crippen LogP contribution >= 0.6 is 0 Å². The number of alkyl halides is 2. The Labute approximate surface area is 171 Å². The second-order valence-electron chi connectivity index (χ2n) is 6.94. The van der Waals surface area contributed by atoms with Gasteiger partial charge in [0.05, 0.1) is 4.92 Å². The molecule has 0 N–H and O–H groups in total. The maximum Gasteiger partial charge on any atom is 0.373 e. The highest BCUT2D eigenvalue weighted by atomic mass is 19.3. The van der Waals surface area contributed by atoms with Crippen LogP contribution < -0.4 is 9.64 Å². The van der Waals surface area contributed by atoms with Crippen molar-refractivity contribution in [3.05, 3.63) is 71.0 Å². The van der Waals surface area contributed by atoms with Gasteiger partial charge in [0.15, 0.2) is 0 Å². The van der Waals surface area contributed by atoms with Crippen LogP contribution in [-0.2, 0) is 0 Å². The van der Waals surface area contributed by atoms with Gasteiger partial charge in [0.25, 0.3) is 5.92 Å². The lowest BCUT2D eigenvalue weighted by Gasteiger charge is -2.32. The number of hydrogen-bond acceptors (Lipinski definition) is 6. The van der Waals surface area contributed by atoms with E-state index in [2.05, 4.69) is 9.97 Å². The molecule has 0 aliphatic carbocycles. The zero-order valence-corrected chi connectivity index (χ0v) is 15.9. The predicted octanol–water partition coefficient (Wildman–Crippen LogP) is 5.08. The number of benzene rings is 2. The van der Waals surface area contributed by atoms with E-state index in [-0.39, 0.29) is 37.6 Å². The molecule has 0 spiro atoms. The van der Waals surface area contributed by atoms with Gasteiger partial charge in [-0.15, -0.1) is 0 Å². The van der Waals surface area contributed by atoms with Crippen LogP contribution in [0.1, 0.15) is 12.8 Å². The van der Waals surface area contributed by atoms with Gasteiger partial charge >= 0.3 is 11.6 Å². The Morgan fingerprint density at radius 1 is 0.967 bits per heavy atom. The van der Waals surface area contributed by atoms with Crippen molar-refractivity contribution < 1.29 is 18.4 Å². The number of halogens is 2. The summed E-state index contributed by atoms with van der Waals surface area (Å²) < 4.78 is 32.6. The van der Waals surface area contributed by atoms with Crippen LogP contribution in [0.15, 0.2) is 60.9 Å². The number of nitro groups is 1. The zero-order chi connectivity index (χ0) is 21.1. The molecule has 7 nitrogen and oxygen atoms in total. The summed E-state index contributed by atoms with van der Waals surface area (Å²) in [6, 6.07) is 16.8. The van der Waals surface area contributed by atoms with Gasteiger partial charge in [0.2, 0.25) is 5.82 Å². The summed E-state index contributed by atoms with van der Waals surface area (Å²) in [4.78, 5) is 20.4. The van der Waals surface area contributed by atoms with Crippen molar-refractivity contribution in [2.24, 2.45) is 0 Å². The molecule has 1 fully saturated rings. The van der Waals surface area contributed by atoms with Gasteiger partial charge in [-0.1, -0.05) is 42.5 Å². The molecule has 1 aromatic heterocycles. The Hall–Kier alpha value is -3.62. The highest BCUT2D eigenvalue weighted by Crippen LogP contribution is 2.39. The summed E-state index contributed by atoms with van der Waals surface area (Å²) >= 11 is 0. The molecular weight excluding hydrogens is 394 g/mol. The van der Waals surface area contributed by atoms with Crippen LogP contribution in [0.25, 0.3) is 11.1 Å². The lowest BCUT2D eigenvalue weighted by Crippen LogP contribution is -2.40. The molecule has 2 aromatic carbocycles. The van der Waals surface area contributed by atoms with Crippen LogP contribution in [0.4, 0.5) is 20.3 Å². The summed E-state index contributed by atoms with van der Waals surface area (Å²) in [7, 11) is 0. The Morgan fingerprint density at radius 2 is 1.60 bits per heavy atom. The monoisotopic (exact) mass is 412 g/mol. The first-order valence-electron chi connectivity index (χ1n) is 9.38. The van der Waals surface area contributed by atoms with Crippen LogP contribution in [0, 0.1) is 10.1 Å². The van der Waals surface area contributed by atoms with Gasteiger partial charge in [-0.25, -0.2) is 13.8 Å². The minimum absolute atomic E-state index is 0.0126. The van der Waals surface area contributed by atoms with E-state index in [1.165, 1.54) is 4.90 Å². The van der Waals surface area contributed by atoms with Crippen LogP contribution in [0.5, 0.6) is 11.6 Å². The SMILES string of the molecule is O=[N+]([O-])c1c(Oc2ccc(-c3ccccc3)cc2)ncnc1N1CCC(F)(F)CC1. The molecule has 1 saturated heterocycles. The molecule has 4 rings (SSSR count). The number of rotatable bonds is 5. The highest BCUT2D eigenvalue weighted by molar-refractivity contribution is 5.65. The molecule has 0 bridgehead atoms. The summed E-state index contributed by atoms with van der Waals surface area (Å²) in [6.07, 6.45) is 0.374. The van der Waals surface area contributed by atoms with Gasteiger partial charge in [-0.3, -0.25) is 10.1 Å². The van der Waals surface area contributed by atoms with E-state index >= 15 is 0 Å². The highest BCUT2D eigenvalue weighted by Gasteiger charge is 2.37. The van der Waals surface area contributed by atoms with Crippen LogP contribution in [0.3, 0.4) is 0 Å². The summed E-state index contributed by atoms with van der Waals surface area (Å²) in [5.41, 5.74) is 1.56. The number of anilines is 1. The van der Waals surface area contributed by atoms with Crippen LogP contribution in [0.2, 0.25) is 0 Å². The summed E-state index contributed by atoms with van der Waals surface area (Å²) in [5.74, 6) is -2.64. The Kier molecular flexibility index (Phi) is 5.26. The maximum atomic E-state index is 13.5. The average molecular weight is 412 g/mol. The van der Waals surface area contributed by atoms with E-state index in [0.717, 1.165) is 17.5 Å². The maximum absolute atomic E-state index is 13.5. The first-order valence-corrected chi connectivity index (χ1v) is 9.38. The van der Waals surface area contributed by atoms with Crippen molar-refractivity contribution in [3.63, 3.8) is 0 Å². The van der Waals surface area contributed by atoms with E-state index < -0.39 is 16.5 Å². The third kappa shape index (κ3) is 4.19. The molecule has 2 heterocycles. The zero-order valence-electron chi connectivity index (χ0n) is 15.9. The van der Waals surface area contributed by atoms with E-state index in [0.29, 0.717) is 5.75 Å². The van der Waals surface area contributed by atoms with E-state index in [9.17, 15) is 18.9 Å². The van der Waals surface area contributed by atoms with E-state index in [4.69, 9.17) is 4.74 Å². The minimum Gasteiger partial charge on any atom is -0.434 e. The molecule has 3 aromatic rings. The standard InChI is InChI=1S/C21H18F2N4O3/c22-21(23)10-12-26(13-11-21)19-18(27(28)29)20(25-14-24-19)30-17-8-6-16(7-9-17)15-4-2-1-3-5-15/h1-9,14H,10-13H2. The van der Waals surface area contributed by atoms with Gasteiger partial charge < -0.3 is 9.64 Å². The third-order valence-corrected chi connectivity index (χ3v) is 4.92. The quantitative estimate of drug-likeness (QED) is 0.429. The second-order valence-corrected chi connectivity index (χ2v) is 6.94. The van der Waals surface area contributed by atoms with E-state index in [1.807, 2.05) is 42.5 Å². The smallest absolute Gasteiger partial charge is 0.373 e. The lowest BCUT2D eigenvalue weighted by atomic mass is 10.1. The second kappa shape index (κ2) is 8.02. The lowest BCUT2D eigenvalue weighted by molar-refractivity contribution is -0.385. The van der Waals surface area contributed by atoms with Gasteiger partial charge in [0.1, 0.15) is 12.1 Å². The topological polar surface area (TPSA) is 81.4 Å². The van der Waals surface area contributed by atoms with Crippen molar-refractivity contribution in [2.45, 2.75) is 18.8 Å². The van der Waals surface area contributed by atoms with Crippen molar-refractivity contribution in [1.29, 1.82) is 0 Å². The van der Waals surface area contributed by atoms with Crippen molar-refractivity contribution >= 4 is 11.5 Å². The molecule has 1 aliphatic heterocycles. The van der Waals surface area contributed by atoms with Crippen molar-refractivity contribution in [3.8, 4) is 22.8 Å². The largest absolute Gasteiger partial charge is 0.434 e. The third-order valence-electron chi connectivity index (χ3n) is 4.92. The Bertz CT molecular complexity index is 1040. The Balaban J connectivity index is 1.59. The predicted molar refractivity (Wildman–Crippen MR) is 107 cm³/mol. The molecular formula is C21H18F2N4O3. The molecule has 0 amide bonds. The number of hydrogen-bond donors (Lipinski definition) is 0. The Morgan fingerprint density at radius 3 is 2.23 bits per heavy atom. The fourth-order valence-corrected chi connectivity index (χ4v) is 3.32. The van der Waals surface area contributed by atoms with Gasteiger partial charge in [0, 0.05) is 25.9 Å². The van der Waals surface area contributed by atoms with Crippen molar-refractivity contribution in [1.82, 2.24) is 9.97 Å². The first-order chi connectivity index (χ1) is 14.4. The molecule has 30 heavy (non-hydrogen) atoms. The molecule has 1 aliphatic rings.